The quantitative estimate of drug-likeness (QED) is 0.731. The summed E-state index contributed by atoms with van der Waals surface area (Å²) in [6.07, 6.45) is 5.34. The van der Waals surface area contributed by atoms with E-state index in [0.29, 0.717) is 5.92 Å². The SMILES string of the molecule is CC[C@H](C)CC[C@@H]1CC2OC(C)(C)OC2(C)C1(C)C. The fraction of sp³-hybridized carbons (Fsp3) is 1.00. The summed E-state index contributed by atoms with van der Waals surface area (Å²) in [5.74, 6) is 1.13. The molecule has 0 radical (unpaired) electrons. The van der Waals surface area contributed by atoms with Crippen LogP contribution in [0.4, 0.5) is 0 Å². The van der Waals surface area contributed by atoms with Gasteiger partial charge in [-0.25, -0.2) is 0 Å². The van der Waals surface area contributed by atoms with Gasteiger partial charge in [0.25, 0.3) is 0 Å². The number of rotatable bonds is 4. The van der Waals surface area contributed by atoms with Gasteiger partial charge < -0.3 is 9.47 Å². The van der Waals surface area contributed by atoms with E-state index in [1.807, 2.05) is 13.8 Å². The van der Waals surface area contributed by atoms with E-state index in [1.165, 1.54) is 19.3 Å². The number of hydrogen-bond donors (Lipinski definition) is 0. The van der Waals surface area contributed by atoms with Crippen LogP contribution in [-0.2, 0) is 9.47 Å². The second kappa shape index (κ2) is 4.73. The Morgan fingerprint density at radius 1 is 1.16 bits per heavy atom. The molecule has 2 aliphatic rings. The molecule has 0 aromatic carbocycles. The topological polar surface area (TPSA) is 18.5 Å². The third kappa shape index (κ3) is 2.47. The molecule has 2 fully saturated rings. The molecule has 1 saturated carbocycles. The molecule has 1 saturated heterocycles. The molecule has 2 nitrogen and oxygen atoms in total. The van der Waals surface area contributed by atoms with Crippen molar-refractivity contribution in [2.24, 2.45) is 17.3 Å². The van der Waals surface area contributed by atoms with E-state index in [-0.39, 0.29) is 17.1 Å². The maximum Gasteiger partial charge on any atom is 0.164 e. The molecule has 0 aromatic heterocycles. The highest BCUT2D eigenvalue weighted by Gasteiger charge is 2.65. The summed E-state index contributed by atoms with van der Waals surface area (Å²) in [4.78, 5) is 0. The summed E-state index contributed by atoms with van der Waals surface area (Å²) in [7, 11) is 0. The largest absolute Gasteiger partial charge is 0.344 e. The minimum absolute atomic E-state index is 0.128. The molecular formula is C17H32O2. The standard InChI is InChI=1S/C17H32O2/c1-8-12(2)9-10-13-11-14-17(7,15(13,3)4)19-16(5,6)18-14/h12-14H,8-11H2,1-7H3/t12-,13+,14?,17?/m0/s1. The Hall–Kier alpha value is -0.0800. The number of fused-ring (bicyclic) bond motifs is 1. The zero-order valence-electron chi connectivity index (χ0n) is 13.9. The Bertz CT molecular complexity index is 334. The molecule has 0 N–H and O–H groups in total. The Labute approximate surface area is 119 Å². The van der Waals surface area contributed by atoms with Gasteiger partial charge in [0.15, 0.2) is 5.79 Å². The van der Waals surface area contributed by atoms with Gasteiger partial charge in [0.2, 0.25) is 0 Å². The molecule has 0 bridgehead atoms. The monoisotopic (exact) mass is 268 g/mol. The highest BCUT2D eigenvalue weighted by molar-refractivity contribution is 5.11. The average molecular weight is 268 g/mol. The third-order valence-corrected chi connectivity index (χ3v) is 6.00. The van der Waals surface area contributed by atoms with Crippen LogP contribution >= 0.6 is 0 Å². The van der Waals surface area contributed by atoms with Gasteiger partial charge >= 0.3 is 0 Å². The first-order chi connectivity index (χ1) is 8.62. The highest BCUT2D eigenvalue weighted by atomic mass is 16.8. The minimum atomic E-state index is -0.418. The fourth-order valence-corrected chi connectivity index (χ4v) is 4.00. The van der Waals surface area contributed by atoms with Gasteiger partial charge in [0.1, 0.15) is 5.60 Å². The molecular weight excluding hydrogens is 236 g/mol. The van der Waals surface area contributed by atoms with Crippen LogP contribution in [0.3, 0.4) is 0 Å². The molecule has 0 spiro atoms. The molecule has 2 unspecified atom stereocenters. The predicted octanol–water partition coefficient (Wildman–Crippen LogP) is 4.77. The van der Waals surface area contributed by atoms with Gasteiger partial charge in [-0.1, -0.05) is 40.5 Å². The second-order valence-corrected chi connectivity index (χ2v) is 7.96. The summed E-state index contributed by atoms with van der Waals surface area (Å²) in [5.41, 5.74) is 0.0650. The van der Waals surface area contributed by atoms with Crippen molar-refractivity contribution >= 4 is 0 Å². The van der Waals surface area contributed by atoms with Crippen molar-refractivity contribution in [2.45, 2.75) is 91.6 Å². The second-order valence-electron chi connectivity index (χ2n) is 7.96. The lowest BCUT2D eigenvalue weighted by Crippen LogP contribution is -2.46. The predicted molar refractivity (Wildman–Crippen MR) is 79.0 cm³/mol. The van der Waals surface area contributed by atoms with Crippen molar-refractivity contribution in [1.82, 2.24) is 0 Å². The lowest BCUT2D eigenvalue weighted by molar-refractivity contribution is -0.192. The van der Waals surface area contributed by atoms with Gasteiger partial charge in [0.05, 0.1) is 6.10 Å². The van der Waals surface area contributed by atoms with Gasteiger partial charge in [-0.3, -0.25) is 0 Å². The molecule has 0 amide bonds. The van der Waals surface area contributed by atoms with Crippen molar-refractivity contribution in [3.63, 3.8) is 0 Å². The normalized spacial score (nSPS) is 41.2. The van der Waals surface area contributed by atoms with E-state index in [0.717, 1.165) is 12.3 Å². The molecule has 0 aromatic rings. The molecule has 1 heterocycles. The molecule has 112 valence electrons. The average Bonchev–Trinajstić information content (AvgIpc) is 2.62. The first-order valence-electron chi connectivity index (χ1n) is 8.00. The molecule has 2 rings (SSSR count). The van der Waals surface area contributed by atoms with E-state index in [2.05, 4.69) is 34.6 Å². The smallest absolute Gasteiger partial charge is 0.164 e. The van der Waals surface area contributed by atoms with E-state index in [9.17, 15) is 0 Å². The van der Waals surface area contributed by atoms with E-state index >= 15 is 0 Å². The molecule has 1 aliphatic heterocycles. The fourth-order valence-electron chi connectivity index (χ4n) is 4.00. The number of hydrogen-bond acceptors (Lipinski definition) is 2. The van der Waals surface area contributed by atoms with Crippen LogP contribution in [0.2, 0.25) is 0 Å². The van der Waals surface area contributed by atoms with Crippen LogP contribution in [0.15, 0.2) is 0 Å². The van der Waals surface area contributed by atoms with Crippen molar-refractivity contribution < 1.29 is 9.47 Å². The first-order valence-corrected chi connectivity index (χ1v) is 8.00. The van der Waals surface area contributed by atoms with Crippen molar-refractivity contribution in [3.05, 3.63) is 0 Å². The molecule has 1 aliphatic carbocycles. The highest BCUT2D eigenvalue weighted by Crippen LogP contribution is 2.59. The van der Waals surface area contributed by atoms with Gasteiger partial charge in [-0.2, -0.15) is 0 Å². The first kappa shape index (κ1) is 15.3. The van der Waals surface area contributed by atoms with Crippen LogP contribution in [0.5, 0.6) is 0 Å². The van der Waals surface area contributed by atoms with E-state index in [1.54, 1.807) is 0 Å². The summed E-state index contributed by atoms with van der Waals surface area (Å²) >= 11 is 0. The maximum absolute atomic E-state index is 6.32. The summed E-state index contributed by atoms with van der Waals surface area (Å²) in [6, 6.07) is 0. The Kier molecular flexibility index (Phi) is 3.81. The van der Waals surface area contributed by atoms with Crippen LogP contribution in [-0.4, -0.2) is 17.5 Å². The Morgan fingerprint density at radius 2 is 1.79 bits per heavy atom. The Morgan fingerprint density at radius 3 is 2.32 bits per heavy atom. The summed E-state index contributed by atoms with van der Waals surface area (Å²) in [6.45, 7) is 15.7. The van der Waals surface area contributed by atoms with Crippen LogP contribution < -0.4 is 0 Å². The summed E-state index contributed by atoms with van der Waals surface area (Å²) in [5, 5.41) is 0. The zero-order valence-corrected chi connectivity index (χ0v) is 13.9. The lowest BCUT2D eigenvalue weighted by atomic mass is 9.71. The van der Waals surface area contributed by atoms with Crippen LogP contribution in [0, 0.1) is 17.3 Å². The molecule has 2 heteroatoms. The third-order valence-electron chi connectivity index (χ3n) is 6.00. The van der Waals surface area contributed by atoms with Crippen LogP contribution in [0.25, 0.3) is 0 Å². The molecule has 4 atom stereocenters. The van der Waals surface area contributed by atoms with Crippen molar-refractivity contribution in [3.8, 4) is 0 Å². The van der Waals surface area contributed by atoms with E-state index < -0.39 is 5.79 Å². The molecule has 19 heavy (non-hydrogen) atoms. The Balaban J connectivity index is 2.08. The number of ether oxygens (including phenoxy) is 2. The lowest BCUT2D eigenvalue weighted by Gasteiger charge is -2.41. The van der Waals surface area contributed by atoms with Gasteiger partial charge in [-0.15, -0.1) is 0 Å². The van der Waals surface area contributed by atoms with Crippen molar-refractivity contribution in [2.75, 3.05) is 0 Å². The maximum atomic E-state index is 6.32. The van der Waals surface area contributed by atoms with Gasteiger partial charge in [0, 0.05) is 0 Å². The summed E-state index contributed by atoms with van der Waals surface area (Å²) < 4.78 is 12.5. The zero-order chi connectivity index (χ0) is 14.5. The van der Waals surface area contributed by atoms with Crippen molar-refractivity contribution in [1.29, 1.82) is 0 Å². The minimum Gasteiger partial charge on any atom is -0.344 e. The van der Waals surface area contributed by atoms with E-state index in [4.69, 9.17) is 9.47 Å². The van der Waals surface area contributed by atoms with Crippen LogP contribution in [0.1, 0.15) is 74.1 Å². The van der Waals surface area contributed by atoms with Gasteiger partial charge in [-0.05, 0) is 50.9 Å².